The quantitative estimate of drug-likeness (QED) is 0.365. The molecule has 5 rings (SSSR count). The number of nitrogens with zero attached hydrogens (tertiary/aromatic N) is 1. The van der Waals surface area contributed by atoms with Gasteiger partial charge in [-0.3, -0.25) is 4.79 Å². The van der Waals surface area contributed by atoms with Crippen LogP contribution in [-0.2, 0) is 20.7 Å². The van der Waals surface area contributed by atoms with E-state index in [-0.39, 0.29) is 23.8 Å². The van der Waals surface area contributed by atoms with Crippen LogP contribution in [0.1, 0.15) is 51.2 Å². The number of carbonyl (C=O) groups excluding carboxylic acids is 2. The first-order chi connectivity index (χ1) is 16.2. The molecule has 34 heavy (non-hydrogen) atoms. The number of fused-ring (bicyclic) bond motifs is 4. The summed E-state index contributed by atoms with van der Waals surface area (Å²) < 4.78 is 4.87. The predicted octanol–water partition coefficient (Wildman–Crippen LogP) is 5.07. The summed E-state index contributed by atoms with van der Waals surface area (Å²) in [5.74, 6) is -0.415. The van der Waals surface area contributed by atoms with Crippen LogP contribution in [0.2, 0.25) is 0 Å². The number of methoxy groups -OCH3 is 1. The zero-order valence-electron chi connectivity index (χ0n) is 20.7. The molecular formula is C28H35NO4S. The third kappa shape index (κ3) is 3.95. The van der Waals surface area contributed by atoms with Gasteiger partial charge in [0.25, 0.3) is 0 Å². The maximum absolute atomic E-state index is 12.3. The van der Waals surface area contributed by atoms with Crippen LogP contribution in [0.5, 0.6) is 0 Å². The topological polar surface area (TPSA) is 66.8 Å². The number of carbonyl (C=O) groups is 2. The summed E-state index contributed by atoms with van der Waals surface area (Å²) in [5, 5.41) is 12.4. The van der Waals surface area contributed by atoms with Gasteiger partial charge in [-0.15, -0.1) is 12.6 Å². The van der Waals surface area contributed by atoms with Gasteiger partial charge in [0.15, 0.2) is 0 Å². The lowest BCUT2D eigenvalue weighted by Gasteiger charge is -2.47. The number of ether oxygens (including phenoxy) is 1. The Balaban J connectivity index is 0.000000172. The van der Waals surface area contributed by atoms with Gasteiger partial charge in [-0.1, -0.05) is 50.6 Å². The van der Waals surface area contributed by atoms with Crippen LogP contribution in [0.25, 0.3) is 10.8 Å². The summed E-state index contributed by atoms with van der Waals surface area (Å²) in [5.41, 5.74) is 4.17. The molecule has 1 N–H and O–H groups in total. The van der Waals surface area contributed by atoms with E-state index >= 15 is 0 Å². The number of hydrogen-bond acceptors (Lipinski definition) is 5. The summed E-state index contributed by atoms with van der Waals surface area (Å²) in [7, 11) is 1.35. The molecule has 5 unspecified atom stereocenters. The van der Waals surface area contributed by atoms with Gasteiger partial charge < -0.3 is 14.7 Å². The smallest absolute Gasteiger partial charge is 0.354 e. The Kier molecular flexibility index (Phi) is 7.11. The van der Waals surface area contributed by atoms with E-state index in [9.17, 15) is 14.7 Å². The van der Waals surface area contributed by atoms with E-state index in [1.807, 2.05) is 0 Å². The molecule has 0 radical (unpaired) electrons. The molecule has 2 aromatic rings. The van der Waals surface area contributed by atoms with Crippen LogP contribution in [-0.4, -0.2) is 41.1 Å². The van der Waals surface area contributed by atoms with Gasteiger partial charge in [0, 0.05) is 10.8 Å². The lowest BCUT2D eigenvalue weighted by molar-refractivity contribution is -0.164. The van der Waals surface area contributed by atoms with Gasteiger partial charge in [-0.25, -0.2) is 4.79 Å². The number of amides is 1. The van der Waals surface area contributed by atoms with Crippen molar-refractivity contribution in [3.8, 4) is 0 Å². The first-order valence-electron chi connectivity index (χ1n) is 12.3. The molecular weight excluding hydrogens is 446 g/mol. The fourth-order valence-electron chi connectivity index (χ4n) is 6.12. The van der Waals surface area contributed by atoms with Crippen molar-refractivity contribution in [2.24, 2.45) is 17.8 Å². The van der Waals surface area contributed by atoms with Crippen molar-refractivity contribution in [3.05, 3.63) is 52.7 Å². The Labute approximate surface area is 207 Å². The molecule has 6 heteroatoms. The van der Waals surface area contributed by atoms with E-state index < -0.39 is 12.1 Å². The van der Waals surface area contributed by atoms with E-state index in [1.54, 1.807) is 11.8 Å². The normalized spacial score (nSPS) is 26.3. The van der Waals surface area contributed by atoms with E-state index in [0.717, 1.165) is 36.2 Å². The molecule has 0 spiro atoms. The summed E-state index contributed by atoms with van der Waals surface area (Å²) in [6.45, 7) is 8.07. The van der Waals surface area contributed by atoms with Crippen LogP contribution >= 0.6 is 12.6 Å². The molecule has 2 aromatic carbocycles. The fraction of sp³-hybridized carbons (Fsp3) is 0.500. The number of β-lactam (4-membered cyclic amide) rings is 1. The van der Waals surface area contributed by atoms with Gasteiger partial charge in [0.2, 0.25) is 5.91 Å². The number of benzene rings is 2. The van der Waals surface area contributed by atoms with Crippen LogP contribution in [0.15, 0.2) is 46.5 Å². The highest BCUT2D eigenvalue weighted by Gasteiger charge is 2.61. The molecule has 0 aromatic heterocycles. The number of thiol groups is 1. The van der Waals surface area contributed by atoms with E-state index in [0.29, 0.717) is 11.6 Å². The van der Waals surface area contributed by atoms with E-state index in [1.165, 1.54) is 29.0 Å². The van der Waals surface area contributed by atoms with Crippen molar-refractivity contribution in [2.75, 3.05) is 7.11 Å². The van der Waals surface area contributed by atoms with Gasteiger partial charge in [0.05, 0.1) is 25.2 Å². The molecule has 3 aliphatic rings. The highest BCUT2D eigenvalue weighted by Crippen LogP contribution is 2.53. The highest BCUT2D eigenvalue weighted by molar-refractivity contribution is 7.80. The second kappa shape index (κ2) is 9.74. The Hall–Kier alpha value is -2.31. The van der Waals surface area contributed by atoms with Crippen molar-refractivity contribution in [1.29, 1.82) is 0 Å². The largest absolute Gasteiger partial charge is 0.464 e. The maximum atomic E-state index is 12.3. The van der Waals surface area contributed by atoms with Crippen molar-refractivity contribution in [1.82, 2.24) is 4.90 Å². The third-order valence-electron chi connectivity index (χ3n) is 7.79. The number of esters is 1. The van der Waals surface area contributed by atoms with Crippen molar-refractivity contribution < 1.29 is 19.4 Å². The summed E-state index contributed by atoms with van der Waals surface area (Å²) in [6.07, 6.45) is 3.51. The third-order valence-corrected chi connectivity index (χ3v) is 8.30. The average molecular weight is 482 g/mol. The number of aliphatic hydroxyl groups is 1. The molecule has 5 nitrogen and oxygen atoms in total. The Morgan fingerprint density at radius 2 is 2.00 bits per heavy atom. The van der Waals surface area contributed by atoms with Gasteiger partial charge in [-0.05, 0) is 66.5 Å². The second-order valence-electron chi connectivity index (χ2n) is 9.80. The first-order valence-corrected chi connectivity index (χ1v) is 12.7. The highest BCUT2D eigenvalue weighted by atomic mass is 32.1. The zero-order chi connectivity index (χ0) is 24.7. The number of hydrogen-bond donors (Lipinski definition) is 2. The molecule has 1 amide bonds. The van der Waals surface area contributed by atoms with E-state index in [4.69, 9.17) is 4.74 Å². The second-order valence-corrected chi connectivity index (χ2v) is 10.2. The molecule has 2 aliphatic heterocycles. The van der Waals surface area contributed by atoms with Crippen molar-refractivity contribution >= 4 is 35.3 Å². The lowest BCUT2D eigenvalue weighted by Crippen LogP contribution is -2.64. The minimum atomic E-state index is -0.667. The van der Waals surface area contributed by atoms with Crippen LogP contribution in [0.3, 0.4) is 0 Å². The van der Waals surface area contributed by atoms with E-state index in [2.05, 4.69) is 63.7 Å². The SMILES string of the molecule is CCc1ccc2cccc(C)c2c1S.COC(=O)C1=C2C(C)CCCC2C2C(C(C)O)C(=O)N12. The Morgan fingerprint density at radius 1 is 1.26 bits per heavy atom. The minimum Gasteiger partial charge on any atom is -0.464 e. The lowest BCUT2D eigenvalue weighted by atomic mass is 9.70. The molecule has 2 heterocycles. The Morgan fingerprint density at radius 3 is 2.65 bits per heavy atom. The molecule has 2 fully saturated rings. The van der Waals surface area contributed by atoms with Crippen molar-refractivity contribution in [2.45, 2.75) is 70.4 Å². The summed E-state index contributed by atoms with van der Waals surface area (Å²) in [6, 6.07) is 10.7. The van der Waals surface area contributed by atoms with Crippen LogP contribution in [0, 0.1) is 24.7 Å². The monoisotopic (exact) mass is 481 g/mol. The Bertz CT molecular complexity index is 1150. The van der Waals surface area contributed by atoms with Crippen molar-refractivity contribution in [3.63, 3.8) is 0 Å². The van der Waals surface area contributed by atoms with Gasteiger partial charge in [0.1, 0.15) is 5.70 Å². The standard InChI is InChI=1S/C15H21NO4.C13H14S/c1-7-5-4-6-9-10(7)13(15(19)20-3)16-12(9)11(8(2)17)14(16)18;1-3-10-7-8-11-6-4-5-9(2)12(11)13(10)14/h7-9,11-12,17H,4-6H2,1-3H3;4-8,14H,3H2,1-2H3. The average Bonchev–Trinajstić information content (AvgIpc) is 3.10. The minimum absolute atomic E-state index is 0.0469. The fourth-order valence-corrected chi connectivity index (χ4v) is 6.66. The maximum Gasteiger partial charge on any atom is 0.354 e. The summed E-state index contributed by atoms with van der Waals surface area (Å²) >= 11 is 4.61. The number of aliphatic hydroxyl groups excluding tert-OH is 1. The first kappa shape index (κ1) is 24.8. The zero-order valence-corrected chi connectivity index (χ0v) is 21.6. The van der Waals surface area contributed by atoms with Gasteiger partial charge in [-0.2, -0.15) is 0 Å². The van der Waals surface area contributed by atoms with Crippen LogP contribution < -0.4 is 0 Å². The molecule has 5 atom stereocenters. The van der Waals surface area contributed by atoms with Crippen LogP contribution in [0.4, 0.5) is 0 Å². The molecule has 1 aliphatic carbocycles. The number of aryl methyl sites for hydroxylation is 2. The van der Waals surface area contributed by atoms with Gasteiger partial charge >= 0.3 is 5.97 Å². The molecule has 1 saturated carbocycles. The molecule has 0 bridgehead atoms. The summed E-state index contributed by atoms with van der Waals surface area (Å²) in [4.78, 5) is 27.1. The molecule has 1 saturated heterocycles. The predicted molar refractivity (Wildman–Crippen MR) is 137 cm³/mol. The molecule has 182 valence electrons. The number of rotatable bonds is 3.